The van der Waals surface area contributed by atoms with Crippen molar-refractivity contribution in [2.45, 2.75) is 64.2 Å². The highest BCUT2D eigenvalue weighted by atomic mass is 16.2. The minimum Gasteiger partial charge on any atom is -0.349 e. The first-order chi connectivity index (χ1) is 7.68. The average Bonchev–Trinajstić information content (AvgIpc) is 2.26. The van der Waals surface area contributed by atoms with Gasteiger partial charge in [0.1, 0.15) is 0 Å². The van der Waals surface area contributed by atoms with Gasteiger partial charge in [-0.15, -0.1) is 0 Å². The summed E-state index contributed by atoms with van der Waals surface area (Å²) in [4.78, 5) is 12.9. The van der Waals surface area contributed by atoms with Gasteiger partial charge in [0.25, 0.3) is 0 Å². The summed E-state index contributed by atoms with van der Waals surface area (Å²) < 4.78 is 0. The maximum absolute atomic E-state index is 11.3. The van der Waals surface area contributed by atoms with Gasteiger partial charge in [-0.3, -0.25) is 4.79 Å². The molecule has 0 heterocycles. The largest absolute Gasteiger partial charge is 0.349 e. The van der Waals surface area contributed by atoms with Crippen molar-refractivity contribution in [2.24, 2.45) is 0 Å². The first-order valence-corrected chi connectivity index (χ1v) is 6.68. The van der Waals surface area contributed by atoms with E-state index >= 15 is 0 Å². The molecular weight excluding hydrogens is 198 g/mol. The Bertz CT molecular complexity index is 166. The first kappa shape index (κ1) is 15.5. The van der Waals surface area contributed by atoms with E-state index in [0.29, 0.717) is 6.42 Å². The number of hydrogen-bond donors (Lipinski definition) is 0. The van der Waals surface area contributed by atoms with Crippen LogP contribution in [0.3, 0.4) is 0 Å². The lowest BCUT2D eigenvalue weighted by atomic mass is 10.1. The minimum absolute atomic E-state index is 0.260. The predicted molar refractivity (Wildman–Crippen MR) is 70.2 cm³/mol. The standard InChI is InChI=1S/C14H28NO/c1-4-5-6-7-8-9-10-11-12-13-14(16)15(2)3/h1,4-13H2,2-3H3. The van der Waals surface area contributed by atoms with Crippen molar-refractivity contribution in [1.29, 1.82) is 0 Å². The number of amides is 1. The molecule has 0 aliphatic rings. The van der Waals surface area contributed by atoms with Gasteiger partial charge in [0.2, 0.25) is 5.91 Å². The molecule has 0 atom stereocenters. The Morgan fingerprint density at radius 3 is 1.75 bits per heavy atom. The molecule has 0 fully saturated rings. The molecule has 0 aromatic heterocycles. The van der Waals surface area contributed by atoms with Crippen molar-refractivity contribution in [3.8, 4) is 0 Å². The molecule has 0 aromatic rings. The van der Waals surface area contributed by atoms with Crippen LogP contribution < -0.4 is 0 Å². The fraction of sp³-hybridized carbons (Fsp3) is 0.857. The van der Waals surface area contributed by atoms with Gasteiger partial charge in [0.05, 0.1) is 0 Å². The fourth-order valence-corrected chi connectivity index (χ4v) is 1.74. The van der Waals surface area contributed by atoms with E-state index in [2.05, 4.69) is 6.92 Å². The zero-order valence-corrected chi connectivity index (χ0v) is 11.1. The number of unbranched alkanes of at least 4 members (excludes halogenated alkanes) is 8. The highest BCUT2D eigenvalue weighted by Gasteiger charge is 2.02. The smallest absolute Gasteiger partial charge is 0.222 e. The SMILES string of the molecule is [CH2]CCCCCCCCCCC(=O)N(C)C. The molecule has 0 unspecified atom stereocenters. The number of rotatable bonds is 10. The van der Waals surface area contributed by atoms with Gasteiger partial charge < -0.3 is 4.90 Å². The molecule has 1 radical (unpaired) electrons. The van der Waals surface area contributed by atoms with Crippen molar-refractivity contribution in [2.75, 3.05) is 14.1 Å². The molecule has 0 bridgehead atoms. The summed E-state index contributed by atoms with van der Waals surface area (Å²) in [5.41, 5.74) is 0. The molecule has 0 aliphatic carbocycles. The van der Waals surface area contributed by atoms with Gasteiger partial charge in [0.15, 0.2) is 0 Å². The van der Waals surface area contributed by atoms with Gasteiger partial charge in [-0.2, -0.15) is 0 Å². The summed E-state index contributed by atoms with van der Waals surface area (Å²) in [6.45, 7) is 3.84. The van der Waals surface area contributed by atoms with Crippen LogP contribution in [0.4, 0.5) is 0 Å². The molecule has 1 amide bonds. The lowest BCUT2D eigenvalue weighted by Gasteiger charge is -2.09. The van der Waals surface area contributed by atoms with Gasteiger partial charge in [-0.1, -0.05) is 58.3 Å². The molecule has 0 rings (SSSR count). The van der Waals surface area contributed by atoms with Gasteiger partial charge in [0, 0.05) is 20.5 Å². The van der Waals surface area contributed by atoms with E-state index in [1.807, 2.05) is 14.1 Å². The van der Waals surface area contributed by atoms with Crippen LogP contribution >= 0.6 is 0 Å². The van der Waals surface area contributed by atoms with Gasteiger partial charge in [-0.05, 0) is 6.42 Å². The van der Waals surface area contributed by atoms with E-state index in [4.69, 9.17) is 0 Å². The molecule has 0 spiro atoms. The minimum atomic E-state index is 0.260. The summed E-state index contributed by atoms with van der Waals surface area (Å²) in [6.07, 6.45) is 12.0. The van der Waals surface area contributed by atoms with Crippen molar-refractivity contribution in [3.05, 3.63) is 6.92 Å². The Labute approximate surface area is 101 Å². The zero-order chi connectivity index (χ0) is 12.2. The third-order valence-corrected chi connectivity index (χ3v) is 2.89. The number of carbonyl (C=O) groups is 1. The molecule has 0 saturated carbocycles. The molecule has 0 saturated heterocycles. The van der Waals surface area contributed by atoms with Crippen molar-refractivity contribution >= 4 is 5.91 Å². The first-order valence-electron chi connectivity index (χ1n) is 6.68. The van der Waals surface area contributed by atoms with E-state index in [-0.39, 0.29) is 5.91 Å². The normalized spacial score (nSPS) is 10.4. The maximum Gasteiger partial charge on any atom is 0.222 e. The van der Waals surface area contributed by atoms with Crippen LogP contribution in [0.1, 0.15) is 64.2 Å². The number of nitrogens with zero attached hydrogens (tertiary/aromatic N) is 1. The Morgan fingerprint density at radius 2 is 1.31 bits per heavy atom. The Hall–Kier alpha value is -0.530. The lowest BCUT2D eigenvalue weighted by Crippen LogP contribution is -2.20. The average molecular weight is 226 g/mol. The molecule has 2 nitrogen and oxygen atoms in total. The monoisotopic (exact) mass is 226 g/mol. The second-order valence-electron chi connectivity index (χ2n) is 4.72. The van der Waals surface area contributed by atoms with Crippen LogP contribution in [0, 0.1) is 6.92 Å². The van der Waals surface area contributed by atoms with Crippen LogP contribution in [0.25, 0.3) is 0 Å². The van der Waals surface area contributed by atoms with E-state index in [0.717, 1.165) is 12.8 Å². The Morgan fingerprint density at radius 1 is 0.875 bits per heavy atom. The number of hydrogen-bond acceptors (Lipinski definition) is 1. The summed E-state index contributed by atoms with van der Waals surface area (Å²) in [7, 11) is 3.65. The number of carbonyl (C=O) groups excluding carboxylic acids is 1. The third-order valence-electron chi connectivity index (χ3n) is 2.89. The van der Waals surface area contributed by atoms with Gasteiger partial charge in [-0.25, -0.2) is 0 Å². The lowest BCUT2D eigenvalue weighted by molar-refractivity contribution is -0.128. The quantitative estimate of drug-likeness (QED) is 0.519. The molecule has 0 aliphatic heterocycles. The highest BCUT2D eigenvalue weighted by Crippen LogP contribution is 2.10. The Kier molecular flexibility index (Phi) is 10.6. The van der Waals surface area contributed by atoms with Crippen molar-refractivity contribution in [1.82, 2.24) is 4.90 Å². The van der Waals surface area contributed by atoms with Crippen LogP contribution in [-0.4, -0.2) is 24.9 Å². The topological polar surface area (TPSA) is 20.3 Å². The van der Waals surface area contributed by atoms with E-state index in [9.17, 15) is 4.79 Å². The van der Waals surface area contributed by atoms with E-state index in [1.54, 1.807) is 4.90 Å². The second kappa shape index (κ2) is 11.0. The summed E-state index contributed by atoms with van der Waals surface area (Å²) in [6, 6.07) is 0. The van der Waals surface area contributed by atoms with Crippen molar-refractivity contribution in [3.63, 3.8) is 0 Å². The van der Waals surface area contributed by atoms with Crippen LogP contribution in [-0.2, 0) is 4.79 Å². The summed E-state index contributed by atoms with van der Waals surface area (Å²) in [5.74, 6) is 0.260. The fourth-order valence-electron chi connectivity index (χ4n) is 1.74. The van der Waals surface area contributed by atoms with Gasteiger partial charge >= 0.3 is 0 Å². The molecular formula is C14H28NO. The van der Waals surface area contributed by atoms with Crippen molar-refractivity contribution < 1.29 is 4.79 Å². The predicted octanol–water partition coefficient (Wildman–Crippen LogP) is 3.81. The highest BCUT2D eigenvalue weighted by molar-refractivity contribution is 5.75. The van der Waals surface area contributed by atoms with Crippen LogP contribution in [0.2, 0.25) is 0 Å². The van der Waals surface area contributed by atoms with E-state index < -0.39 is 0 Å². The summed E-state index contributed by atoms with van der Waals surface area (Å²) >= 11 is 0. The molecule has 16 heavy (non-hydrogen) atoms. The van der Waals surface area contributed by atoms with Crippen LogP contribution in [0.5, 0.6) is 0 Å². The maximum atomic E-state index is 11.3. The zero-order valence-electron chi connectivity index (χ0n) is 11.1. The van der Waals surface area contributed by atoms with Crippen LogP contribution in [0.15, 0.2) is 0 Å². The molecule has 2 heteroatoms. The van der Waals surface area contributed by atoms with E-state index in [1.165, 1.54) is 44.9 Å². The third kappa shape index (κ3) is 10.0. The molecule has 0 aromatic carbocycles. The molecule has 0 N–H and O–H groups in total. The molecule has 95 valence electrons. The summed E-state index contributed by atoms with van der Waals surface area (Å²) in [5, 5.41) is 0. The Balaban J connectivity index is 3.07. The second-order valence-corrected chi connectivity index (χ2v) is 4.72.